The van der Waals surface area contributed by atoms with Gasteiger partial charge in [-0.05, 0) is 43.7 Å². The maximum Gasteiger partial charge on any atom is 0.330 e. The molecular weight excluding hydrogens is 282 g/mol. The Morgan fingerprint density at radius 2 is 1.68 bits per heavy atom. The summed E-state index contributed by atoms with van der Waals surface area (Å²) in [5, 5.41) is 9.78. The van der Waals surface area contributed by atoms with Crippen molar-refractivity contribution < 1.29 is 19.5 Å². The number of carboxylic acids is 1. The molecule has 116 valence electrons. The van der Waals surface area contributed by atoms with Gasteiger partial charge in [0, 0.05) is 0 Å². The molecule has 2 aliphatic rings. The fourth-order valence-corrected chi connectivity index (χ4v) is 3.67. The van der Waals surface area contributed by atoms with Gasteiger partial charge >= 0.3 is 5.97 Å². The van der Waals surface area contributed by atoms with E-state index in [1.807, 2.05) is 0 Å². The molecule has 1 aliphatic carbocycles. The first-order valence-electron chi connectivity index (χ1n) is 7.72. The van der Waals surface area contributed by atoms with Crippen LogP contribution in [0.3, 0.4) is 0 Å². The topological polar surface area (TPSA) is 74.7 Å². The average molecular weight is 301 g/mol. The smallest absolute Gasteiger partial charge is 0.330 e. The number of amides is 2. The second-order valence-corrected chi connectivity index (χ2v) is 6.18. The Hall–Kier alpha value is -2.17. The minimum Gasteiger partial charge on any atom is -0.479 e. The summed E-state index contributed by atoms with van der Waals surface area (Å²) in [5.74, 6) is -1.55. The van der Waals surface area contributed by atoms with Gasteiger partial charge in [-0.2, -0.15) is 0 Å². The molecule has 1 N–H and O–H groups in total. The molecule has 0 bridgehead atoms. The number of carboxylic acid groups (broad SMARTS) is 1. The van der Waals surface area contributed by atoms with E-state index < -0.39 is 23.3 Å². The average Bonchev–Trinajstić information content (AvgIpc) is 2.79. The summed E-state index contributed by atoms with van der Waals surface area (Å²) in [7, 11) is 0. The van der Waals surface area contributed by atoms with Crippen LogP contribution >= 0.6 is 0 Å². The van der Waals surface area contributed by atoms with Crippen molar-refractivity contribution in [3.8, 4) is 0 Å². The van der Waals surface area contributed by atoms with Crippen LogP contribution < -0.4 is 0 Å². The number of fused-ring (bicyclic) bond motifs is 1. The molecule has 0 saturated heterocycles. The third-order valence-corrected chi connectivity index (χ3v) is 5.13. The predicted molar refractivity (Wildman–Crippen MR) is 79.6 cm³/mol. The van der Waals surface area contributed by atoms with Crippen molar-refractivity contribution in [3.63, 3.8) is 0 Å². The van der Waals surface area contributed by atoms with Gasteiger partial charge in [0.2, 0.25) is 0 Å². The molecule has 22 heavy (non-hydrogen) atoms. The second-order valence-electron chi connectivity index (χ2n) is 6.18. The normalized spacial score (nSPS) is 27.9. The molecule has 1 aromatic carbocycles. The summed E-state index contributed by atoms with van der Waals surface area (Å²) in [6.45, 7) is 2.08. The van der Waals surface area contributed by atoms with Crippen LogP contribution in [0.1, 0.15) is 59.7 Å². The Bertz CT molecular complexity index is 609. The highest BCUT2D eigenvalue weighted by Gasteiger charge is 2.54. The summed E-state index contributed by atoms with van der Waals surface area (Å²) in [4.78, 5) is 38.2. The standard InChI is InChI=1S/C17H19NO4/c1-2-11-7-9-17(10-8-11,16(21)22)18-14(19)12-5-3-4-6-13(12)15(18)20/h3-6,11H,2,7-10H2,1H3,(H,21,22). The molecule has 1 fully saturated rings. The summed E-state index contributed by atoms with van der Waals surface area (Å²) < 4.78 is 0. The maximum atomic E-state index is 12.6. The molecule has 0 radical (unpaired) electrons. The molecule has 1 saturated carbocycles. The summed E-state index contributed by atoms with van der Waals surface area (Å²) in [6.07, 6.45) is 3.14. The third kappa shape index (κ3) is 1.95. The SMILES string of the molecule is CCC1CCC(C(=O)O)(N2C(=O)c3ccccc3C2=O)CC1. The lowest BCUT2D eigenvalue weighted by Crippen LogP contribution is -2.58. The van der Waals surface area contributed by atoms with Gasteiger partial charge < -0.3 is 5.11 Å². The molecule has 0 unspecified atom stereocenters. The number of nitrogens with zero attached hydrogens (tertiary/aromatic N) is 1. The lowest BCUT2D eigenvalue weighted by atomic mass is 9.74. The number of hydrogen-bond donors (Lipinski definition) is 1. The number of aliphatic carboxylic acids is 1. The van der Waals surface area contributed by atoms with E-state index in [1.54, 1.807) is 24.3 Å². The number of imide groups is 1. The minimum atomic E-state index is -1.39. The van der Waals surface area contributed by atoms with Gasteiger partial charge in [-0.3, -0.25) is 14.5 Å². The Morgan fingerprint density at radius 1 is 1.18 bits per heavy atom. The molecule has 5 nitrogen and oxygen atoms in total. The Kier molecular flexibility index (Phi) is 3.51. The van der Waals surface area contributed by atoms with Crippen LogP contribution in [0.15, 0.2) is 24.3 Å². The lowest BCUT2D eigenvalue weighted by Gasteiger charge is -2.41. The van der Waals surface area contributed by atoms with E-state index in [2.05, 4.69) is 6.92 Å². The van der Waals surface area contributed by atoms with Crippen LogP contribution in [-0.4, -0.2) is 33.3 Å². The molecule has 3 rings (SSSR count). The van der Waals surface area contributed by atoms with Crippen molar-refractivity contribution in [1.82, 2.24) is 4.90 Å². The second kappa shape index (κ2) is 5.23. The highest BCUT2D eigenvalue weighted by Crippen LogP contribution is 2.41. The van der Waals surface area contributed by atoms with Crippen LogP contribution in [-0.2, 0) is 4.79 Å². The van der Waals surface area contributed by atoms with Crippen LogP contribution in [0, 0.1) is 5.92 Å². The first-order chi connectivity index (χ1) is 10.5. The maximum absolute atomic E-state index is 12.6. The Labute approximate surface area is 128 Å². The van der Waals surface area contributed by atoms with Crippen LogP contribution in [0.25, 0.3) is 0 Å². The van der Waals surface area contributed by atoms with E-state index in [9.17, 15) is 19.5 Å². The van der Waals surface area contributed by atoms with Gasteiger partial charge in [-0.15, -0.1) is 0 Å². The molecule has 0 spiro atoms. The number of benzene rings is 1. The van der Waals surface area contributed by atoms with Gasteiger partial charge in [0.15, 0.2) is 0 Å². The molecule has 5 heteroatoms. The number of rotatable bonds is 3. The summed E-state index contributed by atoms with van der Waals surface area (Å²) >= 11 is 0. The van der Waals surface area contributed by atoms with Crippen molar-refractivity contribution in [3.05, 3.63) is 35.4 Å². The zero-order valence-electron chi connectivity index (χ0n) is 12.5. The number of carbonyl (C=O) groups excluding carboxylic acids is 2. The summed E-state index contributed by atoms with van der Waals surface area (Å²) in [6, 6.07) is 6.55. The van der Waals surface area contributed by atoms with Gasteiger partial charge in [0.25, 0.3) is 11.8 Å². The number of hydrogen-bond acceptors (Lipinski definition) is 3. The molecule has 0 atom stereocenters. The number of carbonyl (C=O) groups is 3. The predicted octanol–water partition coefficient (Wildman–Crippen LogP) is 2.71. The van der Waals surface area contributed by atoms with Crippen molar-refractivity contribution in [1.29, 1.82) is 0 Å². The zero-order chi connectivity index (χ0) is 15.9. The van der Waals surface area contributed by atoms with E-state index in [0.29, 0.717) is 29.9 Å². The third-order valence-electron chi connectivity index (χ3n) is 5.13. The lowest BCUT2D eigenvalue weighted by molar-refractivity contribution is -0.151. The first-order valence-corrected chi connectivity index (χ1v) is 7.72. The van der Waals surface area contributed by atoms with Crippen molar-refractivity contribution in [2.75, 3.05) is 0 Å². The van der Waals surface area contributed by atoms with Crippen molar-refractivity contribution in [2.45, 2.75) is 44.6 Å². The quantitative estimate of drug-likeness (QED) is 0.871. The highest BCUT2D eigenvalue weighted by molar-refractivity contribution is 6.23. The van der Waals surface area contributed by atoms with Gasteiger partial charge in [-0.25, -0.2) is 4.79 Å². The van der Waals surface area contributed by atoms with Crippen molar-refractivity contribution >= 4 is 17.8 Å². The van der Waals surface area contributed by atoms with E-state index in [4.69, 9.17) is 0 Å². The van der Waals surface area contributed by atoms with Crippen molar-refractivity contribution in [2.24, 2.45) is 5.92 Å². The first kappa shape index (κ1) is 14.8. The molecule has 2 amide bonds. The summed E-state index contributed by atoms with van der Waals surface area (Å²) in [5.41, 5.74) is -0.768. The van der Waals surface area contributed by atoms with Gasteiger partial charge in [0.1, 0.15) is 5.54 Å². The molecule has 1 aromatic rings. The minimum absolute atomic E-state index is 0.311. The van der Waals surface area contributed by atoms with E-state index in [1.165, 1.54) is 0 Å². The highest BCUT2D eigenvalue weighted by atomic mass is 16.4. The van der Waals surface area contributed by atoms with E-state index >= 15 is 0 Å². The van der Waals surface area contributed by atoms with E-state index in [0.717, 1.165) is 24.2 Å². The molecule has 1 aliphatic heterocycles. The fourth-order valence-electron chi connectivity index (χ4n) is 3.67. The van der Waals surface area contributed by atoms with Crippen LogP contribution in [0.5, 0.6) is 0 Å². The van der Waals surface area contributed by atoms with E-state index in [-0.39, 0.29) is 0 Å². The largest absolute Gasteiger partial charge is 0.479 e. The Balaban J connectivity index is 2.00. The van der Waals surface area contributed by atoms with Crippen LogP contribution in [0.2, 0.25) is 0 Å². The fraction of sp³-hybridized carbons (Fsp3) is 0.471. The Morgan fingerprint density at radius 3 is 2.09 bits per heavy atom. The molecule has 1 heterocycles. The van der Waals surface area contributed by atoms with Crippen LogP contribution in [0.4, 0.5) is 0 Å². The molecular formula is C17H19NO4. The zero-order valence-corrected chi connectivity index (χ0v) is 12.5. The molecule has 0 aromatic heterocycles. The van der Waals surface area contributed by atoms with Gasteiger partial charge in [0.05, 0.1) is 11.1 Å². The monoisotopic (exact) mass is 301 g/mol. The van der Waals surface area contributed by atoms with Gasteiger partial charge in [-0.1, -0.05) is 25.5 Å².